The zero-order chi connectivity index (χ0) is 13.2. The van der Waals surface area contributed by atoms with Crippen LogP contribution >= 0.6 is 0 Å². The molecule has 0 saturated heterocycles. The Morgan fingerprint density at radius 2 is 1.94 bits per heavy atom. The Balaban J connectivity index is 2.20. The van der Waals surface area contributed by atoms with Crippen LogP contribution in [0.2, 0.25) is 0 Å². The van der Waals surface area contributed by atoms with Gasteiger partial charge in [0.05, 0.1) is 13.2 Å². The highest BCUT2D eigenvalue weighted by molar-refractivity contribution is 5.29. The lowest BCUT2D eigenvalue weighted by Crippen LogP contribution is -2.08. The lowest BCUT2D eigenvalue weighted by atomic mass is 10.2. The number of methoxy groups -OCH3 is 1. The molecule has 0 aromatic heterocycles. The molecule has 18 heavy (non-hydrogen) atoms. The topological polar surface area (TPSA) is 47.9 Å². The first-order valence-corrected chi connectivity index (χ1v) is 5.86. The molecule has 1 aromatic carbocycles. The largest absolute Gasteiger partial charge is 0.491 e. The number of benzene rings is 1. The van der Waals surface area contributed by atoms with Gasteiger partial charge in [0, 0.05) is 26.4 Å². The van der Waals surface area contributed by atoms with Crippen LogP contribution in [0.1, 0.15) is 12.0 Å². The smallest absolute Gasteiger partial charge is 0.127 e. The fourth-order valence-electron chi connectivity index (χ4n) is 1.42. The first-order valence-electron chi connectivity index (χ1n) is 5.86. The van der Waals surface area contributed by atoms with E-state index in [1.807, 2.05) is 0 Å². The third kappa shape index (κ3) is 5.95. The van der Waals surface area contributed by atoms with Crippen LogP contribution in [0.5, 0.6) is 5.75 Å². The molecule has 0 aliphatic heterocycles. The zero-order valence-corrected chi connectivity index (χ0v) is 10.5. The third-order valence-electron chi connectivity index (χ3n) is 2.25. The number of hydrogen-bond donors (Lipinski definition) is 1. The van der Waals surface area contributed by atoms with Gasteiger partial charge in [-0.2, -0.15) is 0 Å². The SMILES string of the molecule is COCCCOCCOc1cc(F)cc(CO)c1. The molecule has 0 heterocycles. The highest BCUT2D eigenvalue weighted by atomic mass is 19.1. The summed E-state index contributed by atoms with van der Waals surface area (Å²) >= 11 is 0. The lowest BCUT2D eigenvalue weighted by Gasteiger charge is -2.08. The first kappa shape index (κ1) is 14.9. The normalized spacial score (nSPS) is 10.6. The van der Waals surface area contributed by atoms with Crippen LogP contribution in [-0.2, 0) is 16.1 Å². The number of rotatable bonds is 9. The van der Waals surface area contributed by atoms with Gasteiger partial charge in [0.25, 0.3) is 0 Å². The molecule has 0 radical (unpaired) electrons. The van der Waals surface area contributed by atoms with Crippen molar-refractivity contribution in [3.05, 3.63) is 29.6 Å². The van der Waals surface area contributed by atoms with Gasteiger partial charge in [-0.3, -0.25) is 0 Å². The molecule has 0 atom stereocenters. The van der Waals surface area contributed by atoms with E-state index in [1.54, 1.807) is 13.2 Å². The minimum atomic E-state index is -0.419. The van der Waals surface area contributed by atoms with Gasteiger partial charge in [0.1, 0.15) is 18.2 Å². The van der Waals surface area contributed by atoms with Gasteiger partial charge >= 0.3 is 0 Å². The molecule has 4 nitrogen and oxygen atoms in total. The summed E-state index contributed by atoms with van der Waals surface area (Å²) in [4.78, 5) is 0. The highest BCUT2D eigenvalue weighted by Gasteiger charge is 2.01. The summed E-state index contributed by atoms with van der Waals surface area (Å²) < 4.78 is 28.6. The van der Waals surface area contributed by atoms with E-state index < -0.39 is 5.82 Å². The summed E-state index contributed by atoms with van der Waals surface area (Å²) in [6, 6.07) is 4.16. The van der Waals surface area contributed by atoms with Crippen molar-refractivity contribution in [1.82, 2.24) is 0 Å². The monoisotopic (exact) mass is 258 g/mol. The molecule has 0 aliphatic rings. The number of halogens is 1. The fourth-order valence-corrected chi connectivity index (χ4v) is 1.42. The number of aliphatic hydroxyl groups excluding tert-OH is 1. The molecule has 1 rings (SSSR count). The molecule has 102 valence electrons. The molecule has 0 bridgehead atoms. The van der Waals surface area contributed by atoms with Crippen LogP contribution in [-0.4, -0.2) is 38.6 Å². The molecule has 0 unspecified atom stereocenters. The Morgan fingerprint density at radius 3 is 2.67 bits per heavy atom. The molecule has 1 aromatic rings. The minimum Gasteiger partial charge on any atom is -0.491 e. The molecule has 1 N–H and O–H groups in total. The van der Waals surface area contributed by atoms with Gasteiger partial charge in [-0.1, -0.05) is 0 Å². The van der Waals surface area contributed by atoms with Crippen molar-refractivity contribution >= 4 is 0 Å². The Hall–Kier alpha value is -1.17. The van der Waals surface area contributed by atoms with E-state index in [0.29, 0.717) is 37.7 Å². The second kappa shape index (κ2) is 8.85. The van der Waals surface area contributed by atoms with Crippen molar-refractivity contribution in [2.45, 2.75) is 13.0 Å². The van der Waals surface area contributed by atoms with Gasteiger partial charge in [0.2, 0.25) is 0 Å². The van der Waals surface area contributed by atoms with E-state index in [9.17, 15) is 4.39 Å². The maximum Gasteiger partial charge on any atom is 0.127 e. The summed E-state index contributed by atoms with van der Waals surface area (Å²) in [5.41, 5.74) is 0.492. The lowest BCUT2D eigenvalue weighted by molar-refractivity contribution is 0.0805. The van der Waals surface area contributed by atoms with Crippen molar-refractivity contribution < 1.29 is 23.7 Å². The van der Waals surface area contributed by atoms with E-state index in [0.717, 1.165) is 6.42 Å². The Kier molecular flexibility index (Phi) is 7.32. The van der Waals surface area contributed by atoms with Gasteiger partial charge in [-0.15, -0.1) is 0 Å². The minimum absolute atomic E-state index is 0.207. The second-order valence-electron chi connectivity index (χ2n) is 3.76. The maximum absolute atomic E-state index is 13.1. The van der Waals surface area contributed by atoms with Crippen LogP contribution in [0.15, 0.2) is 18.2 Å². The quantitative estimate of drug-likeness (QED) is 0.685. The third-order valence-corrected chi connectivity index (χ3v) is 2.25. The molecule has 0 amide bonds. The molecular formula is C13H19FO4. The Labute approximate surface area is 106 Å². The van der Waals surface area contributed by atoms with E-state index in [4.69, 9.17) is 19.3 Å². The van der Waals surface area contributed by atoms with Gasteiger partial charge < -0.3 is 19.3 Å². The van der Waals surface area contributed by atoms with E-state index in [-0.39, 0.29) is 6.61 Å². The molecule has 0 spiro atoms. The molecular weight excluding hydrogens is 239 g/mol. The van der Waals surface area contributed by atoms with Crippen molar-refractivity contribution in [1.29, 1.82) is 0 Å². The van der Waals surface area contributed by atoms with Gasteiger partial charge in [-0.05, 0) is 24.1 Å². The summed E-state index contributed by atoms with van der Waals surface area (Å²) in [6.07, 6.45) is 0.838. The first-order chi connectivity index (χ1) is 8.76. The predicted molar refractivity (Wildman–Crippen MR) is 65.1 cm³/mol. The van der Waals surface area contributed by atoms with E-state index in [1.165, 1.54) is 12.1 Å². The molecule has 5 heteroatoms. The number of hydrogen-bond acceptors (Lipinski definition) is 4. The Morgan fingerprint density at radius 1 is 1.11 bits per heavy atom. The predicted octanol–water partition coefficient (Wildman–Crippen LogP) is 1.75. The maximum atomic E-state index is 13.1. The van der Waals surface area contributed by atoms with Crippen LogP contribution in [0.3, 0.4) is 0 Å². The van der Waals surface area contributed by atoms with Crippen molar-refractivity contribution in [2.75, 3.05) is 33.5 Å². The van der Waals surface area contributed by atoms with E-state index >= 15 is 0 Å². The molecule has 0 fully saturated rings. The van der Waals surface area contributed by atoms with Crippen LogP contribution < -0.4 is 4.74 Å². The van der Waals surface area contributed by atoms with E-state index in [2.05, 4.69) is 0 Å². The second-order valence-corrected chi connectivity index (χ2v) is 3.76. The van der Waals surface area contributed by atoms with Crippen molar-refractivity contribution in [3.8, 4) is 5.75 Å². The van der Waals surface area contributed by atoms with Crippen molar-refractivity contribution in [2.24, 2.45) is 0 Å². The fraction of sp³-hybridized carbons (Fsp3) is 0.538. The van der Waals surface area contributed by atoms with Crippen molar-refractivity contribution in [3.63, 3.8) is 0 Å². The van der Waals surface area contributed by atoms with Crippen LogP contribution in [0.4, 0.5) is 4.39 Å². The standard InChI is InChI=1S/C13H19FO4/c1-16-3-2-4-17-5-6-18-13-8-11(10-15)7-12(14)9-13/h7-9,15H,2-6,10H2,1H3. The van der Waals surface area contributed by atoms with Crippen LogP contribution in [0.25, 0.3) is 0 Å². The van der Waals surface area contributed by atoms with Crippen LogP contribution in [0, 0.1) is 5.82 Å². The van der Waals surface area contributed by atoms with Gasteiger partial charge in [0.15, 0.2) is 0 Å². The highest BCUT2D eigenvalue weighted by Crippen LogP contribution is 2.16. The number of ether oxygens (including phenoxy) is 3. The Bertz CT molecular complexity index is 344. The summed E-state index contributed by atoms with van der Waals surface area (Å²) in [7, 11) is 1.64. The number of aliphatic hydroxyl groups is 1. The zero-order valence-electron chi connectivity index (χ0n) is 10.5. The average Bonchev–Trinajstić information content (AvgIpc) is 2.37. The average molecular weight is 258 g/mol. The van der Waals surface area contributed by atoms with Gasteiger partial charge in [-0.25, -0.2) is 4.39 Å². The summed E-state index contributed by atoms with van der Waals surface area (Å²) in [5.74, 6) is -0.0166. The molecule has 0 saturated carbocycles. The molecule has 0 aliphatic carbocycles. The summed E-state index contributed by atoms with van der Waals surface area (Å²) in [6.45, 7) is 1.87. The summed E-state index contributed by atoms with van der Waals surface area (Å²) in [5, 5.41) is 8.92.